The van der Waals surface area contributed by atoms with Crippen molar-refractivity contribution in [1.82, 2.24) is 0 Å². The van der Waals surface area contributed by atoms with Gasteiger partial charge in [0.05, 0.1) is 0 Å². The number of benzene rings is 2. The Bertz CT molecular complexity index is 699. The highest BCUT2D eigenvalue weighted by Crippen LogP contribution is 2.50. The molecule has 1 aliphatic heterocycles. The highest BCUT2D eigenvalue weighted by atomic mass is 16.6. The summed E-state index contributed by atoms with van der Waals surface area (Å²) in [5.74, 6) is 1.50. The van der Waals surface area contributed by atoms with Crippen LogP contribution >= 0.6 is 0 Å². The van der Waals surface area contributed by atoms with Crippen molar-refractivity contribution in [2.24, 2.45) is 0 Å². The van der Waals surface area contributed by atoms with Crippen molar-refractivity contribution in [2.75, 3.05) is 0 Å². The minimum absolute atomic E-state index is 0.126. The highest BCUT2D eigenvalue weighted by Gasteiger charge is 2.24. The van der Waals surface area contributed by atoms with E-state index in [1.807, 2.05) is 24.3 Å². The van der Waals surface area contributed by atoms with E-state index < -0.39 is 0 Å². The molecule has 1 aliphatic rings. The fraction of sp³-hybridized carbons (Fsp3) is 0. The van der Waals surface area contributed by atoms with Crippen LogP contribution in [-0.2, 0) is 0 Å². The molecule has 0 bridgehead atoms. The molecule has 0 atom stereocenters. The van der Waals surface area contributed by atoms with E-state index in [1.165, 1.54) is 12.1 Å². The highest BCUT2D eigenvalue weighted by molar-refractivity contribution is 5.83. The molecular formula is C16H12O3. The van der Waals surface area contributed by atoms with Crippen LogP contribution < -0.4 is 4.74 Å². The number of ether oxygens (including phenoxy) is 1. The van der Waals surface area contributed by atoms with Gasteiger partial charge in [0.15, 0.2) is 23.0 Å². The first-order valence-corrected chi connectivity index (χ1v) is 5.86. The van der Waals surface area contributed by atoms with E-state index in [1.54, 1.807) is 12.1 Å². The first-order chi connectivity index (χ1) is 9.19. The lowest BCUT2D eigenvalue weighted by Gasteiger charge is -1.99. The summed E-state index contributed by atoms with van der Waals surface area (Å²) in [7, 11) is 0. The average molecular weight is 252 g/mol. The van der Waals surface area contributed by atoms with Crippen molar-refractivity contribution in [1.29, 1.82) is 0 Å². The molecule has 0 saturated carbocycles. The van der Waals surface area contributed by atoms with E-state index >= 15 is 0 Å². The number of rotatable bonds is 3. The van der Waals surface area contributed by atoms with Gasteiger partial charge in [-0.15, -0.1) is 0 Å². The second-order valence-electron chi connectivity index (χ2n) is 4.28. The molecule has 0 spiro atoms. The van der Waals surface area contributed by atoms with Crippen molar-refractivity contribution in [3.63, 3.8) is 0 Å². The Morgan fingerprint density at radius 2 is 1.84 bits per heavy atom. The van der Waals surface area contributed by atoms with Gasteiger partial charge in [0.1, 0.15) is 0 Å². The molecule has 0 aromatic heterocycles. The number of fused-ring (bicyclic) bond motifs is 1. The van der Waals surface area contributed by atoms with Crippen LogP contribution in [0.1, 0.15) is 16.7 Å². The molecule has 0 aliphatic carbocycles. The fourth-order valence-corrected chi connectivity index (χ4v) is 1.94. The minimum Gasteiger partial charge on any atom is -0.504 e. The summed E-state index contributed by atoms with van der Waals surface area (Å²) in [5, 5.41) is 18.7. The van der Waals surface area contributed by atoms with Gasteiger partial charge in [-0.1, -0.05) is 30.9 Å². The molecule has 2 N–H and O–H groups in total. The van der Waals surface area contributed by atoms with Gasteiger partial charge in [0, 0.05) is 5.56 Å². The lowest BCUT2D eigenvalue weighted by Crippen LogP contribution is -1.77. The van der Waals surface area contributed by atoms with Crippen molar-refractivity contribution in [3.8, 4) is 23.0 Å². The van der Waals surface area contributed by atoms with Gasteiger partial charge in [-0.3, -0.25) is 0 Å². The molecule has 2 aromatic carbocycles. The van der Waals surface area contributed by atoms with Crippen LogP contribution in [0, 0.1) is 0 Å². The van der Waals surface area contributed by atoms with Gasteiger partial charge < -0.3 is 14.9 Å². The van der Waals surface area contributed by atoms with Gasteiger partial charge >= 0.3 is 0 Å². The normalized spacial score (nSPS) is 12.0. The molecule has 3 heteroatoms. The predicted octanol–water partition coefficient (Wildman–Crippen LogP) is 4.02. The Morgan fingerprint density at radius 1 is 1.00 bits per heavy atom. The molecule has 0 radical (unpaired) electrons. The van der Waals surface area contributed by atoms with Crippen molar-refractivity contribution < 1.29 is 14.9 Å². The Kier molecular flexibility index (Phi) is 2.53. The predicted molar refractivity (Wildman–Crippen MR) is 75.3 cm³/mol. The summed E-state index contributed by atoms with van der Waals surface area (Å²) >= 11 is 0. The summed E-state index contributed by atoms with van der Waals surface area (Å²) in [4.78, 5) is 0. The third-order valence-corrected chi connectivity index (χ3v) is 3.03. The van der Waals surface area contributed by atoms with E-state index in [0.29, 0.717) is 0 Å². The maximum Gasteiger partial charge on any atom is 0.177 e. The van der Waals surface area contributed by atoms with E-state index in [-0.39, 0.29) is 11.5 Å². The lowest BCUT2D eigenvalue weighted by molar-refractivity contribution is 0.403. The quantitative estimate of drug-likeness (QED) is 0.420. The van der Waals surface area contributed by atoms with Crippen LogP contribution in [0.25, 0.3) is 18.2 Å². The van der Waals surface area contributed by atoms with Crippen LogP contribution in [0.3, 0.4) is 0 Å². The second-order valence-corrected chi connectivity index (χ2v) is 4.28. The maximum absolute atomic E-state index is 9.44. The smallest absolute Gasteiger partial charge is 0.177 e. The molecule has 94 valence electrons. The molecule has 3 nitrogen and oxygen atoms in total. The van der Waals surface area contributed by atoms with E-state index in [9.17, 15) is 10.2 Å². The molecule has 1 heterocycles. The lowest BCUT2D eigenvalue weighted by atomic mass is 10.1. The summed E-state index contributed by atoms with van der Waals surface area (Å²) < 4.78 is 5.35. The summed E-state index contributed by atoms with van der Waals surface area (Å²) in [6.07, 6.45) is 5.54. The molecule has 3 rings (SSSR count). The van der Waals surface area contributed by atoms with Crippen LogP contribution in [0.5, 0.6) is 23.0 Å². The number of phenols is 2. The van der Waals surface area contributed by atoms with Gasteiger partial charge in [-0.05, 0) is 35.4 Å². The largest absolute Gasteiger partial charge is 0.504 e. The van der Waals surface area contributed by atoms with Gasteiger partial charge in [0.2, 0.25) is 0 Å². The van der Waals surface area contributed by atoms with E-state index in [0.717, 1.165) is 28.2 Å². The first kappa shape index (κ1) is 11.4. The summed E-state index contributed by atoms with van der Waals surface area (Å²) in [6, 6.07) is 8.54. The zero-order valence-corrected chi connectivity index (χ0v) is 10.1. The Hall–Kier alpha value is -2.68. The van der Waals surface area contributed by atoms with E-state index in [4.69, 9.17) is 4.74 Å². The molecular weight excluding hydrogens is 240 g/mol. The third kappa shape index (κ3) is 2.06. The first-order valence-electron chi connectivity index (χ1n) is 5.86. The number of hydrogen-bond donors (Lipinski definition) is 2. The van der Waals surface area contributed by atoms with Gasteiger partial charge in [0.25, 0.3) is 0 Å². The fourth-order valence-electron chi connectivity index (χ4n) is 1.94. The molecule has 2 aromatic rings. The molecule has 0 fully saturated rings. The maximum atomic E-state index is 9.44. The number of hydrogen-bond acceptors (Lipinski definition) is 3. The molecule has 0 unspecified atom stereocenters. The standard InChI is InChI=1S/C16H12O3/c1-2-11-5-8-15-16(19-15)12(11)6-3-10-4-7-13(17)14(18)9-10/h2-9,17-18H,1H2/b6-3+. The summed E-state index contributed by atoms with van der Waals surface area (Å²) in [5.41, 5.74) is 2.76. The number of aromatic hydroxyl groups is 2. The van der Waals surface area contributed by atoms with Crippen molar-refractivity contribution in [3.05, 3.63) is 53.6 Å². The third-order valence-electron chi connectivity index (χ3n) is 3.03. The SMILES string of the molecule is C=Cc1ccc2c(c1/C=C/c1ccc(O)c(O)c1)O2. The Morgan fingerprint density at radius 3 is 2.58 bits per heavy atom. The van der Waals surface area contributed by atoms with Crippen molar-refractivity contribution >= 4 is 18.2 Å². The van der Waals surface area contributed by atoms with Crippen LogP contribution in [0.2, 0.25) is 0 Å². The molecule has 19 heavy (non-hydrogen) atoms. The van der Waals surface area contributed by atoms with Crippen molar-refractivity contribution in [2.45, 2.75) is 0 Å². The Labute approximate surface area is 110 Å². The second kappa shape index (κ2) is 4.21. The molecule has 0 amide bonds. The van der Waals surface area contributed by atoms with Gasteiger partial charge in [-0.25, -0.2) is 0 Å². The Balaban J connectivity index is 1.95. The van der Waals surface area contributed by atoms with Crippen LogP contribution in [0.4, 0.5) is 0 Å². The topological polar surface area (TPSA) is 53.0 Å². The molecule has 0 saturated heterocycles. The van der Waals surface area contributed by atoms with Gasteiger partial charge in [-0.2, -0.15) is 0 Å². The summed E-state index contributed by atoms with van der Waals surface area (Å²) in [6.45, 7) is 3.77. The number of phenolic OH excluding ortho intramolecular Hbond substituents is 2. The van der Waals surface area contributed by atoms with Crippen LogP contribution in [-0.4, -0.2) is 10.2 Å². The zero-order chi connectivity index (χ0) is 13.4. The monoisotopic (exact) mass is 252 g/mol. The average Bonchev–Trinajstić information content (AvgIpc) is 3.19. The minimum atomic E-state index is -0.133. The van der Waals surface area contributed by atoms with E-state index in [2.05, 4.69) is 6.58 Å². The zero-order valence-electron chi connectivity index (χ0n) is 10.1. The van der Waals surface area contributed by atoms with Crippen LogP contribution in [0.15, 0.2) is 36.9 Å².